The summed E-state index contributed by atoms with van der Waals surface area (Å²) in [7, 11) is 0. The molecule has 24 heavy (non-hydrogen) atoms. The van der Waals surface area contributed by atoms with Gasteiger partial charge in [0.2, 0.25) is 11.8 Å². The van der Waals surface area contributed by atoms with Crippen molar-refractivity contribution in [3.63, 3.8) is 0 Å². The van der Waals surface area contributed by atoms with E-state index in [1.165, 1.54) is 6.21 Å². The number of hydrogen-bond donors (Lipinski definition) is 2. The molecule has 6 heteroatoms. The van der Waals surface area contributed by atoms with Gasteiger partial charge in [-0.25, -0.2) is 5.43 Å². The summed E-state index contributed by atoms with van der Waals surface area (Å²) < 4.78 is 0. The summed E-state index contributed by atoms with van der Waals surface area (Å²) in [5.41, 5.74) is 3.89. The minimum atomic E-state index is -0.495. The summed E-state index contributed by atoms with van der Waals surface area (Å²) >= 11 is 5.76. The first-order valence-electron chi connectivity index (χ1n) is 7.22. The molecular weight excluding hydrogens is 326 g/mol. The third-order valence-corrected chi connectivity index (χ3v) is 3.14. The van der Waals surface area contributed by atoms with Gasteiger partial charge in [0.05, 0.1) is 0 Å². The molecule has 2 rings (SSSR count). The van der Waals surface area contributed by atoms with Crippen molar-refractivity contribution < 1.29 is 9.59 Å². The fourth-order valence-electron chi connectivity index (χ4n) is 1.79. The van der Waals surface area contributed by atoms with Crippen LogP contribution in [0.3, 0.4) is 0 Å². The van der Waals surface area contributed by atoms with E-state index in [0.717, 1.165) is 5.56 Å². The largest absolute Gasteiger partial charge is 0.326 e. The minimum absolute atomic E-state index is 0.317. The van der Waals surface area contributed by atoms with Gasteiger partial charge in [0.1, 0.15) is 6.42 Å². The van der Waals surface area contributed by atoms with Gasteiger partial charge in [-0.1, -0.05) is 48.0 Å². The number of anilines is 1. The van der Waals surface area contributed by atoms with Crippen LogP contribution in [-0.2, 0) is 9.59 Å². The van der Waals surface area contributed by atoms with Crippen LogP contribution in [0.1, 0.15) is 12.0 Å². The number of hydrazone groups is 1. The van der Waals surface area contributed by atoms with Gasteiger partial charge in [-0.05, 0) is 35.9 Å². The van der Waals surface area contributed by atoms with Gasteiger partial charge in [0.25, 0.3) is 0 Å². The van der Waals surface area contributed by atoms with Crippen LogP contribution in [0.2, 0.25) is 5.02 Å². The molecule has 0 aliphatic heterocycles. The predicted molar refractivity (Wildman–Crippen MR) is 96.8 cm³/mol. The van der Waals surface area contributed by atoms with E-state index >= 15 is 0 Å². The molecule has 2 amide bonds. The van der Waals surface area contributed by atoms with Gasteiger partial charge in [-0.3, -0.25) is 9.59 Å². The third kappa shape index (κ3) is 6.46. The second kappa shape index (κ2) is 9.27. The smallest absolute Gasteiger partial charge is 0.249 e. The highest BCUT2D eigenvalue weighted by Gasteiger charge is 2.08. The minimum Gasteiger partial charge on any atom is -0.326 e. The molecule has 0 aliphatic rings. The lowest BCUT2D eigenvalue weighted by atomic mass is 10.2. The molecular formula is C18H16ClN3O2. The maximum atomic E-state index is 11.7. The van der Waals surface area contributed by atoms with Crippen molar-refractivity contribution in [1.82, 2.24) is 5.43 Å². The summed E-state index contributed by atoms with van der Waals surface area (Å²) in [5, 5.41) is 6.92. The number of nitrogens with zero attached hydrogens (tertiary/aromatic N) is 1. The number of halogens is 1. The Balaban J connectivity index is 1.72. The quantitative estimate of drug-likeness (QED) is 0.479. The van der Waals surface area contributed by atoms with Crippen LogP contribution in [0.5, 0.6) is 0 Å². The first-order valence-corrected chi connectivity index (χ1v) is 7.60. The lowest BCUT2D eigenvalue weighted by molar-refractivity contribution is -0.126. The number of hydrogen-bond acceptors (Lipinski definition) is 3. The zero-order chi connectivity index (χ0) is 17.2. The number of rotatable bonds is 6. The Labute approximate surface area is 145 Å². The molecule has 0 aliphatic carbocycles. The van der Waals surface area contributed by atoms with Crippen LogP contribution in [-0.4, -0.2) is 18.0 Å². The molecule has 122 valence electrons. The number of nitrogens with one attached hydrogen (secondary N) is 2. The van der Waals surface area contributed by atoms with E-state index in [-0.39, 0.29) is 6.42 Å². The van der Waals surface area contributed by atoms with Crippen molar-refractivity contribution in [1.29, 1.82) is 0 Å². The molecule has 0 unspecified atom stereocenters. The summed E-state index contributed by atoms with van der Waals surface area (Å²) in [4.78, 5) is 23.3. The van der Waals surface area contributed by atoms with E-state index in [1.807, 2.05) is 36.4 Å². The van der Waals surface area contributed by atoms with Crippen molar-refractivity contribution >= 4 is 41.4 Å². The standard InChI is InChI=1S/C18H16ClN3O2/c19-15-8-10-16(11-9-15)21-17(23)13-18(24)22-20-12-4-7-14-5-2-1-3-6-14/h1-12H,13H2,(H,21,23)(H,22,24). The highest BCUT2D eigenvalue weighted by atomic mass is 35.5. The molecule has 0 atom stereocenters. The number of benzene rings is 2. The van der Waals surface area contributed by atoms with Crippen LogP contribution in [0, 0.1) is 0 Å². The zero-order valence-corrected chi connectivity index (χ0v) is 13.5. The Bertz CT molecular complexity index is 741. The van der Waals surface area contributed by atoms with E-state index in [0.29, 0.717) is 10.7 Å². The highest BCUT2D eigenvalue weighted by Crippen LogP contribution is 2.13. The first-order chi connectivity index (χ1) is 11.6. The van der Waals surface area contributed by atoms with E-state index < -0.39 is 11.8 Å². The number of carbonyl (C=O) groups excluding carboxylic acids is 2. The fourth-order valence-corrected chi connectivity index (χ4v) is 1.92. The average molecular weight is 342 g/mol. The van der Waals surface area contributed by atoms with Crippen molar-refractivity contribution in [2.45, 2.75) is 6.42 Å². The van der Waals surface area contributed by atoms with Gasteiger partial charge in [0.15, 0.2) is 0 Å². The lowest BCUT2D eigenvalue weighted by Gasteiger charge is -2.04. The normalized spacial score (nSPS) is 10.9. The SMILES string of the molecule is O=C(CC(=O)Nc1ccc(Cl)cc1)NN=CC=Cc1ccccc1. The maximum absolute atomic E-state index is 11.7. The van der Waals surface area contributed by atoms with Crippen molar-refractivity contribution in [3.05, 3.63) is 71.3 Å². The molecule has 0 fully saturated rings. The Morgan fingerprint density at radius 2 is 1.71 bits per heavy atom. The number of allylic oxidation sites excluding steroid dienone is 1. The lowest BCUT2D eigenvalue weighted by Crippen LogP contribution is -2.24. The molecule has 2 aromatic carbocycles. The Morgan fingerprint density at radius 1 is 1.00 bits per heavy atom. The third-order valence-electron chi connectivity index (χ3n) is 2.89. The Hall–Kier alpha value is -2.92. The maximum Gasteiger partial charge on any atom is 0.249 e. The van der Waals surface area contributed by atoms with E-state index in [1.54, 1.807) is 30.3 Å². The Morgan fingerprint density at radius 3 is 2.42 bits per heavy atom. The van der Waals surface area contributed by atoms with Gasteiger partial charge in [-0.15, -0.1) is 0 Å². The molecule has 0 saturated heterocycles. The van der Waals surface area contributed by atoms with Crippen LogP contribution in [0.25, 0.3) is 6.08 Å². The van der Waals surface area contributed by atoms with E-state index in [2.05, 4.69) is 15.8 Å². The summed E-state index contributed by atoms with van der Waals surface area (Å²) in [5.74, 6) is -0.921. The van der Waals surface area contributed by atoms with Crippen LogP contribution < -0.4 is 10.7 Å². The van der Waals surface area contributed by atoms with Crippen molar-refractivity contribution in [2.24, 2.45) is 5.10 Å². The van der Waals surface area contributed by atoms with Gasteiger partial charge < -0.3 is 5.32 Å². The molecule has 0 spiro atoms. The van der Waals surface area contributed by atoms with Gasteiger partial charge in [0, 0.05) is 16.9 Å². The Kier molecular flexibility index (Phi) is 6.73. The molecule has 0 radical (unpaired) electrons. The zero-order valence-electron chi connectivity index (χ0n) is 12.8. The van der Waals surface area contributed by atoms with Gasteiger partial charge >= 0.3 is 0 Å². The molecule has 0 heterocycles. The van der Waals surface area contributed by atoms with Crippen LogP contribution in [0.4, 0.5) is 5.69 Å². The predicted octanol–water partition coefficient (Wildman–Crippen LogP) is 3.48. The first kappa shape index (κ1) is 17.4. The fraction of sp³-hybridized carbons (Fsp3) is 0.0556. The summed E-state index contributed by atoms with van der Waals surface area (Å²) in [6.07, 6.45) is 4.68. The second-order valence-corrected chi connectivity index (χ2v) is 5.25. The summed E-state index contributed by atoms with van der Waals surface area (Å²) in [6.45, 7) is 0. The average Bonchev–Trinajstić information content (AvgIpc) is 2.57. The monoisotopic (exact) mass is 341 g/mol. The molecule has 2 N–H and O–H groups in total. The topological polar surface area (TPSA) is 70.6 Å². The number of carbonyl (C=O) groups is 2. The van der Waals surface area contributed by atoms with E-state index in [4.69, 9.17) is 11.6 Å². The van der Waals surface area contributed by atoms with Crippen LogP contribution >= 0.6 is 11.6 Å². The molecule has 2 aromatic rings. The molecule has 0 bridgehead atoms. The molecule has 0 aromatic heterocycles. The number of amides is 2. The highest BCUT2D eigenvalue weighted by molar-refractivity contribution is 6.30. The van der Waals surface area contributed by atoms with Gasteiger partial charge in [-0.2, -0.15) is 5.10 Å². The molecule has 0 saturated carbocycles. The van der Waals surface area contributed by atoms with Crippen molar-refractivity contribution in [3.8, 4) is 0 Å². The van der Waals surface area contributed by atoms with E-state index in [9.17, 15) is 9.59 Å². The second-order valence-electron chi connectivity index (χ2n) is 4.81. The van der Waals surface area contributed by atoms with Crippen molar-refractivity contribution in [2.75, 3.05) is 5.32 Å². The van der Waals surface area contributed by atoms with Crippen LogP contribution in [0.15, 0.2) is 65.8 Å². The summed E-state index contributed by atoms with van der Waals surface area (Å²) in [6, 6.07) is 16.3. The molecule has 5 nitrogen and oxygen atoms in total.